The zero-order chi connectivity index (χ0) is 41.3. The lowest BCUT2D eigenvalue weighted by atomic mass is 9.66. The third-order valence-corrected chi connectivity index (χ3v) is 12.4. The lowest BCUT2D eigenvalue weighted by Gasteiger charge is -2.43. The van der Waals surface area contributed by atoms with Gasteiger partial charge in [-0.15, -0.1) is 0 Å². The van der Waals surface area contributed by atoms with Gasteiger partial charge in [-0.2, -0.15) is 0 Å². The van der Waals surface area contributed by atoms with E-state index in [-0.39, 0.29) is 5.41 Å². The highest BCUT2D eigenvalue weighted by molar-refractivity contribution is 8.00. The fourth-order valence-corrected chi connectivity index (χ4v) is 10.1. The third kappa shape index (κ3) is 7.84. The van der Waals surface area contributed by atoms with E-state index < -0.39 is 32.1 Å². The molecule has 6 aromatic carbocycles. The average molecular weight is 854 g/mol. The molecule has 6 aromatic rings. The van der Waals surface area contributed by atoms with Gasteiger partial charge in [-0.05, 0) is 79.8 Å². The van der Waals surface area contributed by atoms with Crippen LogP contribution in [0.3, 0.4) is 0 Å². The van der Waals surface area contributed by atoms with Gasteiger partial charge in [0.2, 0.25) is 0 Å². The van der Waals surface area contributed by atoms with Crippen LogP contribution in [0.4, 0.5) is 0 Å². The van der Waals surface area contributed by atoms with E-state index >= 15 is 0 Å². The Morgan fingerprint density at radius 2 is 0.828 bits per heavy atom. The summed E-state index contributed by atoms with van der Waals surface area (Å²) in [5, 5.41) is 0. The molecule has 1 aliphatic rings. The second kappa shape index (κ2) is 16.9. The first-order chi connectivity index (χ1) is 27.7. The summed E-state index contributed by atoms with van der Waals surface area (Å²) in [6, 6.07) is 48.9. The number of ether oxygens (including phenoxy) is 2. The predicted molar refractivity (Wildman–Crippen MR) is 239 cm³/mol. The van der Waals surface area contributed by atoms with Crippen molar-refractivity contribution in [1.82, 2.24) is 0 Å². The molecule has 300 valence electrons. The SMILES string of the molecule is COc1cc(-c2cc(OC)cc(C(C)(C)C)c2OP2OC(c3ccccc3)(c3ccccc3)C(c3ccccc3)(c3ccccc3)O2)c(OP(Cl)Cl)c(C(C)(C)C)c1. The van der Waals surface area contributed by atoms with Crippen LogP contribution in [0.5, 0.6) is 23.0 Å². The average Bonchev–Trinajstić information content (AvgIpc) is 3.58. The zero-order valence-electron chi connectivity index (χ0n) is 34.0. The highest BCUT2D eigenvalue weighted by Gasteiger charge is 2.67. The molecule has 10 heteroatoms. The minimum Gasteiger partial charge on any atom is -0.497 e. The molecule has 0 N–H and O–H groups in total. The van der Waals surface area contributed by atoms with Crippen LogP contribution in [0.2, 0.25) is 0 Å². The molecule has 0 spiro atoms. The first kappa shape index (κ1) is 42.0. The van der Waals surface area contributed by atoms with Crippen LogP contribution in [-0.2, 0) is 31.1 Å². The standard InChI is InChI=1S/C48H48Cl2O6P2/c1-45(2,3)41-31-37(51-7)29-39(43(41)53-57(49)50)40-30-38(52-8)32-42(46(4,5)6)44(40)54-58-55-47(33-21-13-9-14-22-33,34-23-15-10-16-24-34)48(56-58,35-25-17-11-18-26-35)36-27-19-12-20-28-36/h9-32H,1-8H3. The van der Waals surface area contributed by atoms with E-state index in [4.69, 9.17) is 50.1 Å². The van der Waals surface area contributed by atoms with E-state index in [0.717, 1.165) is 33.4 Å². The van der Waals surface area contributed by atoms with Crippen molar-refractivity contribution in [3.63, 3.8) is 0 Å². The van der Waals surface area contributed by atoms with Gasteiger partial charge < -0.3 is 18.5 Å². The van der Waals surface area contributed by atoms with E-state index in [9.17, 15) is 0 Å². The minimum atomic E-state index is -2.20. The Balaban J connectivity index is 1.56. The number of halogens is 2. The molecule has 0 saturated carbocycles. The topological polar surface area (TPSA) is 55.4 Å². The molecule has 0 bridgehead atoms. The van der Waals surface area contributed by atoms with Crippen molar-refractivity contribution >= 4 is 37.9 Å². The molecule has 0 unspecified atom stereocenters. The van der Waals surface area contributed by atoms with Gasteiger partial charge in [0.1, 0.15) is 23.0 Å². The second-order valence-electron chi connectivity index (χ2n) is 16.2. The van der Waals surface area contributed by atoms with Crippen LogP contribution < -0.4 is 18.5 Å². The van der Waals surface area contributed by atoms with Crippen LogP contribution >= 0.6 is 37.9 Å². The van der Waals surface area contributed by atoms with Crippen molar-refractivity contribution in [1.29, 1.82) is 0 Å². The van der Waals surface area contributed by atoms with Crippen LogP contribution in [0.25, 0.3) is 11.1 Å². The molecule has 0 aliphatic carbocycles. The van der Waals surface area contributed by atoms with E-state index in [1.54, 1.807) is 14.2 Å². The number of methoxy groups -OCH3 is 2. The summed E-state index contributed by atoms with van der Waals surface area (Å²) < 4.78 is 40.8. The molecule has 0 atom stereocenters. The molecule has 58 heavy (non-hydrogen) atoms. The van der Waals surface area contributed by atoms with Gasteiger partial charge in [-0.25, -0.2) is 0 Å². The first-order valence-corrected chi connectivity index (χ1v) is 23.2. The summed E-state index contributed by atoms with van der Waals surface area (Å²) in [6.45, 7) is 10.9. The Hall–Kier alpha value is -4.12. The Morgan fingerprint density at radius 3 is 1.14 bits per heavy atom. The number of hydrogen-bond donors (Lipinski definition) is 0. The second-order valence-corrected chi connectivity index (χ2v) is 20.2. The Kier molecular flexibility index (Phi) is 12.2. The maximum Gasteiger partial charge on any atom is 0.400 e. The highest BCUT2D eigenvalue weighted by Crippen LogP contribution is 2.71. The van der Waals surface area contributed by atoms with Gasteiger partial charge in [0, 0.05) is 22.3 Å². The molecular weight excluding hydrogens is 805 g/mol. The highest BCUT2D eigenvalue weighted by atomic mass is 35.9. The summed E-state index contributed by atoms with van der Waals surface area (Å²) in [6.07, 6.45) is 0. The van der Waals surface area contributed by atoms with Crippen LogP contribution in [-0.4, -0.2) is 14.2 Å². The summed E-state index contributed by atoms with van der Waals surface area (Å²) in [4.78, 5) is 0. The molecule has 1 aliphatic heterocycles. The monoisotopic (exact) mass is 852 g/mol. The molecule has 1 fully saturated rings. The van der Waals surface area contributed by atoms with Crippen molar-refractivity contribution in [3.05, 3.63) is 179 Å². The maximum absolute atomic E-state index is 7.58. The largest absolute Gasteiger partial charge is 0.497 e. The molecular formula is C48H48Cl2O6P2. The molecule has 6 nitrogen and oxygen atoms in total. The fourth-order valence-electron chi connectivity index (χ4n) is 7.75. The van der Waals surface area contributed by atoms with E-state index in [1.165, 1.54) is 0 Å². The quantitative estimate of drug-likeness (QED) is 0.121. The molecule has 1 heterocycles. The summed E-state index contributed by atoms with van der Waals surface area (Å²) in [5.41, 5.74) is 3.41. The summed E-state index contributed by atoms with van der Waals surface area (Å²) in [7, 11) is 1.10. The lowest BCUT2D eigenvalue weighted by molar-refractivity contribution is 0.00370. The third-order valence-electron chi connectivity index (χ3n) is 10.5. The number of benzene rings is 6. The van der Waals surface area contributed by atoms with Crippen LogP contribution in [0.1, 0.15) is 74.9 Å². The van der Waals surface area contributed by atoms with Gasteiger partial charge in [-0.3, -0.25) is 9.05 Å². The van der Waals surface area contributed by atoms with Gasteiger partial charge in [0.15, 0.2) is 11.2 Å². The van der Waals surface area contributed by atoms with Crippen molar-refractivity contribution in [2.45, 2.75) is 63.6 Å². The smallest absolute Gasteiger partial charge is 0.400 e. The lowest BCUT2D eigenvalue weighted by Crippen LogP contribution is -2.48. The molecule has 7 rings (SSSR count). The first-order valence-electron chi connectivity index (χ1n) is 19.1. The van der Waals surface area contributed by atoms with Gasteiger partial charge in [-0.1, -0.05) is 163 Å². The predicted octanol–water partition coefficient (Wildman–Crippen LogP) is 14.6. The van der Waals surface area contributed by atoms with E-state index in [2.05, 4.69) is 90.1 Å². The normalized spacial score (nSPS) is 15.3. The van der Waals surface area contributed by atoms with Crippen molar-refractivity contribution < 1.29 is 27.6 Å². The Labute approximate surface area is 354 Å². The van der Waals surface area contributed by atoms with Crippen molar-refractivity contribution in [2.24, 2.45) is 0 Å². The molecule has 0 aromatic heterocycles. The zero-order valence-corrected chi connectivity index (χ0v) is 37.3. The van der Waals surface area contributed by atoms with Crippen molar-refractivity contribution in [2.75, 3.05) is 14.2 Å². The van der Waals surface area contributed by atoms with Gasteiger partial charge >= 0.3 is 8.60 Å². The van der Waals surface area contributed by atoms with Crippen LogP contribution in [0, 0.1) is 0 Å². The minimum absolute atomic E-state index is 0.387. The van der Waals surface area contributed by atoms with Gasteiger partial charge in [0.25, 0.3) is 6.85 Å². The van der Waals surface area contributed by atoms with Crippen molar-refractivity contribution in [3.8, 4) is 34.1 Å². The molecule has 0 amide bonds. The number of rotatable bonds is 11. The number of hydrogen-bond acceptors (Lipinski definition) is 6. The summed E-state index contributed by atoms with van der Waals surface area (Å²) in [5.74, 6) is 2.32. The fraction of sp³-hybridized carbons (Fsp3) is 0.250. The van der Waals surface area contributed by atoms with E-state index in [1.807, 2.05) is 97.1 Å². The summed E-state index contributed by atoms with van der Waals surface area (Å²) >= 11 is 13.0. The van der Waals surface area contributed by atoms with E-state index in [0.29, 0.717) is 34.1 Å². The Morgan fingerprint density at radius 1 is 0.500 bits per heavy atom. The van der Waals surface area contributed by atoms with Gasteiger partial charge in [0.05, 0.1) is 14.2 Å². The molecule has 0 radical (unpaired) electrons. The van der Waals surface area contributed by atoms with Crippen LogP contribution in [0.15, 0.2) is 146 Å². The maximum atomic E-state index is 7.58. The Bertz CT molecular complexity index is 2160. The molecule has 1 saturated heterocycles.